The van der Waals surface area contributed by atoms with Gasteiger partial charge in [-0.2, -0.15) is 0 Å². The molecule has 1 fully saturated rings. The summed E-state index contributed by atoms with van der Waals surface area (Å²) in [6.07, 6.45) is 1.84. The first-order valence-electron chi connectivity index (χ1n) is 9.83. The van der Waals surface area contributed by atoms with Crippen LogP contribution >= 0.6 is 34.8 Å². The van der Waals surface area contributed by atoms with Crippen molar-refractivity contribution in [2.24, 2.45) is 0 Å². The Morgan fingerprint density at radius 1 is 1.07 bits per heavy atom. The maximum absolute atomic E-state index is 5.83. The van der Waals surface area contributed by atoms with Crippen LogP contribution in [0, 0.1) is 17.4 Å². The van der Waals surface area contributed by atoms with Gasteiger partial charge in [0.05, 0.1) is 17.8 Å². The van der Waals surface area contributed by atoms with E-state index in [1.807, 2.05) is 18.3 Å². The number of benzene rings is 1. The minimum atomic E-state index is -0.0177. The molecule has 29 heavy (non-hydrogen) atoms. The Morgan fingerprint density at radius 3 is 2.34 bits per heavy atom. The number of H-pyrrole nitrogens is 1. The highest BCUT2D eigenvalue weighted by molar-refractivity contribution is 14.1. The summed E-state index contributed by atoms with van der Waals surface area (Å²) in [5, 5.41) is 4.28. The fourth-order valence-corrected chi connectivity index (χ4v) is 5.27. The zero-order chi connectivity index (χ0) is 20.7. The lowest BCUT2D eigenvalue weighted by molar-refractivity contribution is 0.564. The van der Waals surface area contributed by atoms with Crippen molar-refractivity contribution in [3.8, 4) is 0 Å². The van der Waals surface area contributed by atoms with Crippen molar-refractivity contribution in [2.75, 3.05) is 4.90 Å². The van der Waals surface area contributed by atoms with Crippen LogP contribution in [-0.2, 0) is 0 Å². The molecule has 0 spiro atoms. The smallest absolute Gasteiger partial charge is 0.174 e. The van der Waals surface area contributed by atoms with Crippen LogP contribution in [0.15, 0.2) is 48.7 Å². The molecule has 0 radical (unpaired) electrons. The van der Waals surface area contributed by atoms with E-state index in [0.717, 1.165) is 16.5 Å². The Balaban J connectivity index is 1.85. The van der Waals surface area contributed by atoms with Gasteiger partial charge in [-0.25, -0.2) is 0 Å². The van der Waals surface area contributed by atoms with Crippen molar-refractivity contribution in [2.45, 2.75) is 45.7 Å². The summed E-state index contributed by atoms with van der Waals surface area (Å²) in [5.74, 6) is 0.500. The molecular weight excluding hydrogens is 491 g/mol. The SMILES string of the molecule is Cc1[nH]c(C)c([C@@H]2[C@@H](c3ccccn3)NC(=S)N2c2ccc(C(C)C)cc2)c1I. The minimum absolute atomic E-state index is 0.0177. The molecule has 2 N–H and O–H groups in total. The number of pyridine rings is 1. The molecule has 3 heterocycles. The normalized spacial score (nSPS) is 19.1. The van der Waals surface area contributed by atoms with Crippen LogP contribution < -0.4 is 10.2 Å². The van der Waals surface area contributed by atoms with Gasteiger partial charge in [-0.1, -0.05) is 32.0 Å². The second-order valence-corrected chi connectivity index (χ2v) is 9.31. The third-order valence-electron chi connectivity index (χ3n) is 5.58. The number of hydrogen-bond donors (Lipinski definition) is 2. The number of aromatic nitrogens is 2. The summed E-state index contributed by atoms with van der Waals surface area (Å²) in [4.78, 5) is 10.4. The molecule has 3 aromatic rings. The van der Waals surface area contributed by atoms with Gasteiger partial charge in [0.2, 0.25) is 0 Å². The molecular formula is C23H25IN4S. The van der Waals surface area contributed by atoms with E-state index in [1.54, 1.807) is 0 Å². The molecule has 4 nitrogen and oxygen atoms in total. The topological polar surface area (TPSA) is 44.0 Å². The molecule has 0 bridgehead atoms. The second kappa shape index (κ2) is 8.07. The molecule has 6 heteroatoms. The summed E-state index contributed by atoms with van der Waals surface area (Å²) in [7, 11) is 0. The van der Waals surface area contributed by atoms with Gasteiger partial charge < -0.3 is 15.2 Å². The van der Waals surface area contributed by atoms with Crippen molar-refractivity contribution in [3.05, 3.63) is 80.4 Å². The number of nitrogens with zero attached hydrogens (tertiary/aromatic N) is 2. The van der Waals surface area contributed by atoms with E-state index in [2.05, 4.69) is 101 Å². The fraction of sp³-hybridized carbons (Fsp3) is 0.304. The van der Waals surface area contributed by atoms with Crippen LogP contribution in [0.3, 0.4) is 0 Å². The maximum atomic E-state index is 5.83. The number of aromatic amines is 1. The Hall–Kier alpha value is -1.93. The molecule has 0 saturated carbocycles. The summed E-state index contributed by atoms with van der Waals surface area (Å²) >= 11 is 8.27. The van der Waals surface area contributed by atoms with Crippen LogP contribution in [0.5, 0.6) is 0 Å². The molecule has 1 aromatic carbocycles. The average Bonchev–Trinajstić information content (AvgIpc) is 3.17. The first kappa shape index (κ1) is 20.3. The lowest BCUT2D eigenvalue weighted by Gasteiger charge is -2.28. The molecule has 1 saturated heterocycles. The van der Waals surface area contributed by atoms with Crippen molar-refractivity contribution in [1.82, 2.24) is 15.3 Å². The van der Waals surface area contributed by atoms with Crippen LogP contribution in [-0.4, -0.2) is 15.1 Å². The van der Waals surface area contributed by atoms with Gasteiger partial charge in [0, 0.05) is 32.4 Å². The van der Waals surface area contributed by atoms with E-state index in [9.17, 15) is 0 Å². The number of rotatable bonds is 4. The van der Waals surface area contributed by atoms with Gasteiger partial charge in [0.25, 0.3) is 0 Å². The van der Waals surface area contributed by atoms with Crippen molar-refractivity contribution in [3.63, 3.8) is 0 Å². The Morgan fingerprint density at radius 2 is 1.79 bits per heavy atom. The van der Waals surface area contributed by atoms with E-state index in [1.165, 1.54) is 26.1 Å². The van der Waals surface area contributed by atoms with Crippen LogP contribution in [0.4, 0.5) is 5.69 Å². The van der Waals surface area contributed by atoms with Crippen molar-refractivity contribution in [1.29, 1.82) is 0 Å². The van der Waals surface area contributed by atoms with E-state index >= 15 is 0 Å². The van der Waals surface area contributed by atoms with E-state index in [0.29, 0.717) is 5.92 Å². The quantitative estimate of drug-likeness (QED) is 0.333. The summed E-state index contributed by atoms with van der Waals surface area (Å²) in [6.45, 7) is 8.69. The highest BCUT2D eigenvalue weighted by Gasteiger charge is 2.42. The number of thiocarbonyl (C=S) groups is 1. The first-order valence-corrected chi connectivity index (χ1v) is 11.3. The number of halogens is 1. The standard InChI is InChI=1S/C23H25IN4S/c1-13(2)16-8-10-17(11-9-16)28-22(19-14(3)26-15(4)20(19)24)21(27-23(28)29)18-7-5-6-12-25-18/h5-13,21-22,26H,1-4H3,(H,27,29)/t21-,22-/m1/s1. The first-order chi connectivity index (χ1) is 13.9. The average molecular weight is 516 g/mol. The zero-order valence-electron chi connectivity index (χ0n) is 17.0. The third kappa shape index (κ3) is 3.68. The van der Waals surface area contributed by atoms with Crippen molar-refractivity contribution >= 4 is 45.6 Å². The molecule has 1 aliphatic heterocycles. The fourth-order valence-electron chi connectivity index (χ4n) is 4.07. The number of nitrogens with one attached hydrogen (secondary N) is 2. The summed E-state index contributed by atoms with van der Waals surface area (Å²) < 4.78 is 1.25. The van der Waals surface area contributed by atoms with E-state index in [4.69, 9.17) is 12.2 Å². The number of hydrogen-bond acceptors (Lipinski definition) is 2. The van der Waals surface area contributed by atoms with Crippen molar-refractivity contribution < 1.29 is 0 Å². The molecule has 2 aromatic heterocycles. The van der Waals surface area contributed by atoms with Crippen LogP contribution in [0.2, 0.25) is 0 Å². The zero-order valence-corrected chi connectivity index (χ0v) is 20.0. The third-order valence-corrected chi connectivity index (χ3v) is 7.28. The molecule has 1 aliphatic rings. The summed E-state index contributed by atoms with van der Waals surface area (Å²) in [5.41, 5.74) is 7.06. The molecule has 4 rings (SSSR count). The monoisotopic (exact) mass is 516 g/mol. The Labute approximate surface area is 191 Å². The number of anilines is 1. The lowest BCUT2D eigenvalue weighted by atomic mass is 9.96. The predicted molar refractivity (Wildman–Crippen MR) is 131 cm³/mol. The Bertz CT molecular complexity index is 1030. The predicted octanol–water partition coefficient (Wildman–Crippen LogP) is 5.93. The van der Waals surface area contributed by atoms with Gasteiger partial charge in [-0.05, 0) is 84.4 Å². The molecule has 150 valence electrons. The van der Waals surface area contributed by atoms with Gasteiger partial charge in [-0.3, -0.25) is 4.98 Å². The minimum Gasteiger partial charge on any atom is -0.362 e. The van der Waals surface area contributed by atoms with Crippen LogP contribution in [0.1, 0.15) is 60.1 Å². The highest BCUT2D eigenvalue weighted by Crippen LogP contribution is 2.44. The second-order valence-electron chi connectivity index (χ2n) is 7.85. The summed E-state index contributed by atoms with van der Waals surface area (Å²) in [6, 6.07) is 14.8. The van der Waals surface area contributed by atoms with Gasteiger partial charge in [-0.15, -0.1) is 0 Å². The van der Waals surface area contributed by atoms with Gasteiger partial charge in [0.15, 0.2) is 5.11 Å². The largest absolute Gasteiger partial charge is 0.362 e. The van der Waals surface area contributed by atoms with E-state index < -0.39 is 0 Å². The molecule has 0 amide bonds. The molecule has 0 aliphatic carbocycles. The van der Waals surface area contributed by atoms with Crippen LogP contribution in [0.25, 0.3) is 0 Å². The number of aryl methyl sites for hydroxylation is 2. The van der Waals surface area contributed by atoms with E-state index in [-0.39, 0.29) is 12.1 Å². The highest BCUT2D eigenvalue weighted by atomic mass is 127. The molecule has 0 unspecified atom stereocenters. The molecule has 2 atom stereocenters. The van der Waals surface area contributed by atoms with Gasteiger partial charge >= 0.3 is 0 Å². The van der Waals surface area contributed by atoms with Gasteiger partial charge in [0.1, 0.15) is 0 Å². The lowest BCUT2D eigenvalue weighted by Crippen LogP contribution is -2.29. The Kier molecular flexibility index (Phi) is 5.66. The maximum Gasteiger partial charge on any atom is 0.174 e.